The molecule has 0 atom stereocenters. The van der Waals surface area contributed by atoms with E-state index in [1.807, 2.05) is 27.7 Å². The Hall–Kier alpha value is -0.530. The smallest absolute Gasteiger partial charge is 0.143 e. The van der Waals surface area contributed by atoms with Gasteiger partial charge in [-0.3, -0.25) is 9.69 Å². The number of carbonyl (C=O) groups excluding carboxylic acids is 1. The van der Waals surface area contributed by atoms with Crippen LogP contribution >= 0.6 is 0 Å². The topological polar surface area (TPSA) is 48.1 Å². The molecular formula is C23H50N4O2. The van der Waals surface area contributed by atoms with Gasteiger partial charge in [-0.15, -0.1) is 0 Å². The minimum atomic E-state index is 0.284. The predicted molar refractivity (Wildman–Crippen MR) is 125 cm³/mol. The van der Waals surface area contributed by atoms with Gasteiger partial charge in [0.05, 0.1) is 19.8 Å². The number of nitrogens with one attached hydrogen (secondary N) is 1. The summed E-state index contributed by atoms with van der Waals surface area (Å²) in [6, 6.07) is 0. The van der Waals surface area contributed by atoms with E-state index in [0.717, 1.165) is 64.9 Å². The first-order chi connectivity index (χ1) is 14.2. The molecule has 0 radical (unpaired) electrons. The van der Waals surface area contributed by atoms with Gasteiger partial charge in [0.2, 0.25) is 0 Å². The molecule has 6 heteroatoms. The van der Waals surface area contributed by atoms with Gasteiger partial charge in [-0.05, 0) is 45.3 Å². The Balaban J connectivity index is 0.00000184. The van der Waals surface area contributed by atoms with Gasteiger partial charge in [-0.1, -0.05) is 34.6 Å². The van der Waals surface area contributed by atoms with Crippen molar-refractivity contribution in [2.45, 2.75) is 54.4 Å². The number of piperidine rings is 1. The van der Waals surface area contributed by atoms with Crippen molar-refractivity contribution in [3.63, 3.8) is 0 Å². The van der Waals surface area contributed by atoms with E-state index >= 15 is 0 Å². The Morgan fingerprint density at radius 2 is 1.48 bits per heavy atom. The number of hydrogen-bond donors (Lipinski definition) is 1. The lowest BCUT2D eigenvalue weighted by Crippen LogP contribution is -2.49. The number of ether oxygens (including phenoxy) is 1. The average molecular weight is 415 g/mol. The van der Waals surface area contributed by atoms with Gasteiger partial charge in [0.15, 0.2) is 0 Å². The third-order valence-electron chi connectivity index (χ3n) is 5.36. The highest BCUT2D eigenvalue weighted by molar-refractivity contribution is 5.77. The van der Waals surface area contributed by atoms with E-state index in [0.29, 0.717) is 6.54 Å². The molecule has 0 spiro atoms. The lowest BCUT2D eigenvalue weighted by atomic mass is 9.96. The van der Waals surface area contributed by atoms with Crippen LogP contribution in [0.5, 0.6) is 0 Å². The largest absolute Gasteiger partial charge is 0.379 e. The fourth-order valence-corrected chi connectivity index (χ4v) is 3.82. The van der Waals surface area contributed by atoms with Gasteiger partial charge in [-0.2, -0.15) is 0 Å². The Kier molecular flexibility index (Phi) is 19.1. The summed E-state index contributed by atoms with van der Waals surface area (Å²) < 4.78 is 5.68. The Morgan fingerprint density at radius 1 is 0.897 bits per heavy atom. The van der Waals surface area contributed by atoms with Gasteiger partial charge < -0.3 is 19.9 Å². The number of ketones is 1. The van der Waals surface area contributed by atoms with Crippen molar-refractivity contribution in [3.8, 4) is 0 Å². The van der Waals surface area contributed by atoms with Gasteiger partial charge in [-0.25, -0.2) is 0 Å². The second-order valence-electron chi connectivity index (χ2n) is 7.53. The highest BCUT2D eigenvalue weighted by atomic mass is 16.5. The van der Waals surface area contributed by atoms with E-state index in [1.165, 1.54) is 32.5 Å². The molecule has 1 N–H and O–H groups in total. The van der Waals surface area contributed by atoms with Crippen molar-refractivity contribution in [2.75, 3.05) is 85.2 Å². The normalized spacial score (nSPS) is 19.1. The SMILES string of the molecule is CC.CC.CCNCCOCCN1CCC(CN2CCN(CC(C)=O)CC2)CC1. The molecule has 2 saturated heterocycles. The van der Waals surface area contributed by atoms with E-state index in [2.05, 4.69) is 26.9 Å². The summed E-state index contributed by atoms with van der Waals surface area (Å²) in [7, 11) is 0. The van der Waals surface area contributed by atoms with Crippen LogP contribution in [-0.4, -0.2) is 106 Å². The molecule has 2 heterocycles. The van der Waals surface area contributed by atoms with Crippen LogP contribution in [0.1, 0.15) is 54.4 Å². The molecule has 0 aromatic carbocycles. The third-order valence-corrected chi connectivity index (χ3v) is 5.36. The summed E-state index contributed by atoms with van der Waals surface area (Å²) in [6.07, 6.45) is 2.62. The zero-order valence-electron chi connectivity index (χ0n) is 20.3. The van der Waals surface area contributed by atoms with Crippen molar-refractivity contribution in [2.24, 2.45) is 5.92 Å². The zero-order valence-corrected chi connectivity index (χ0v) is 20.3. The van der Waals surface area contributed by atoms with Crippen LogP contribution in [0.4, 0.5) is 0 Å². The third kappa shape index (κ3) is 14.2. The number of hydrogen-bond acceptors (Lipinski definition) is 6. The molecule has 0 aromatic rings. The number of likely N-dealkylation sites (tertiary alicyclic amines) is 1. The van der Waals surface area contributed by atoms with E-state index in [4.69, 9.17) is 4.74 Å². The number of piperazine rings is 1. The monoisotopic (exact) mass is 414 g/mol. The summed E-state index contributed by atoms with van der Waals surface area (Å²) >= 11 is 0. The van der Waals surface area contributed by atoms with Crippen molar-refractivity contribution >= 4 is 5.78 Å². The van der Waals surface area contributed by atoms with Gasteiger partial charge in [0.25, 0.3) is 0 Å². The number of likely N-dealkylation sites (N-methyl/N-ethyl adjacent to an activating group) is 1. The summed E-state index contributed by atoms with van der Waals surface area (Å²) in [5.41, 5.74) is 0. The van der Waals surface area contributed by atoms with Gasteiger partial charge in [0, 0.05) is 45.8 Å². The highest BCUT2D eigenvalue weighted by Crippen LogP contribution is 2.19. The molecule has 6 nitrogen and oxygen atoms in total. The number of Topliss-reactive ketones (excluding diaryl/α,β-unsaturated/α-hetero) is 1. The van der Waals surface area contributed by atoms with Crippen LogP contribution in [0.2, 0.25) is 0 Å². The second-order valence-corrected chi connectivity index (χ2v) is 7.53. The van der Waals surface area contributed by atoms with E-state index in [1.54, 1.807) is 6.92 Å². The fourth-order valence-electron chi connectivity index (χ4n) is 3.82. The molecule has 0 unspecified atom stereocenters. The molecule has 0 bridgehead atoms. The summed E-state index contributed by atoms with van der Waals surface area (Å²) in [4.78, 5) is 18.6. The minimum absolute atomic E-state index is 0.284. The van der Waals surface area contributed by atoms with Crippen LogP contribution in [0.15, 0.2) is 0 Å². The van der Waals surface area contributed by atoms with Crippen molar-refractivity contribution in [1.82, 2.24) is 20.0 Å². The molecule has 0 amide bonds. The molecule has 0 aliphatic carbocycles. The predicted octanol–water partition coefficient (Wildman–Crippen LogP) is 2.58. The minimum Gasteiger partial charge on any atom is -0.379 e. The van der Waals surface area contributed by atoms with Gasteiger partial charge >= 0.3 is 0 Å². The molecule has 2 rings (SSSR count). The van der Waals surface area contributed by atoms with E-state index in [-0.39, 0.29) is 5.78 Å². The summed E-state index contributed by atoms with van der Waals surface area (Å²) in [5, 5.41) is 3.28. The first kappa shape index (κ1) is 28.5. The molecular weight excluding hydrogens is 364 g/mol. The maximum atomic E-state index is 11.2. The van der Waals surface area contributed by atoms with Crippen LogP contribution in [-0.2, 0) is 9.53 Å². The molecule has 2 aliphatic rings. The maximum absolute atomic E-state index is 11.2. The van der Waals surface area contributed by atoms with Crippen LogP contribution in [0.25, 0.3) is 0 Å². The highest BCUT2D eigenvalue weighted by Gasteiger charge is 2.24. The fraction of sp³-hybridized carbons (Fsp3) is 0.957. The van der Waals surface area contributed by atoms with Gasteiger partial charge in [0.1, 0.15) is 5.78 Å². The Labute approximate surface area is 181 Å². The molecule has 174 valence electrons. The Morgan fingerprint density at radius 3 is 2.03 bits per heavy atom. The van der Waals surface area contributed by atoms with Crippen molar-refractivity contribution < 1.29 is 9.53 Å². The first-order valence-corrected chi connectivity index (χ1v) is 12.1. The number of rotatable bonds is 11. The van der Waals surface area contributed by atoms with E-state index in [9.17, 15) is 4.79 Å². The van der Waals surface area contributed by atoms with Crippen molar-refractivity contribution in [3.05, 3.63) is 0 Å². The quantitative estimate of drug-likeness (QED) is 0.525. The van der Waals surface area contributed by atoms with Crippen LogP contribution < -0.4 is 5.32 Å². The second kappa shape index (κ2) is 19.4. The average Bonchev–Trinajstić information content (AvgIpc) is 2.76. The number of carbonyl (C=O) groups is 1. The lowest BCUT2D eigenvalue weighted by molar-refractivity contribution is -0.118. The molecule has 2 fully saturated rings. The lowest BCUT2D eigenvalue weighted by Gasteiger charge is -2.38. The molecule has 0 saturated carbocycles. The Bertz CT molecular complexity index is 366. The molecule has 29 heavy (non-hydrogen) atoms. The zero-order chi connectivity index (χ0) is 21.9. The standard InChI is InChI=1S/C19H38N4O2.2C2H6/c1-3-20-6-14-25-15-13-21-7-4-19(5-8-21)17-23-11-9-22(10-12-23)16-18(2)24;2*1-2/h19-20H,3-17H2,1-2H3;2*1-2H3. The summed E-state index contributed by atoms with van der Waals surface area (Å²) in [5.74, 6) is 1.12. The van der Waals surface area contributed by atoms with Crippen LogP contribution in [0, 0.1) is 5.92 Å². The van der Waals surface area contributed by atoms with Crippen LogP contribution in [0.3, 0.4) is 0 Å². The molecule has 0 aromatic heterocycles. The van der Waals surface area contributed by atoms with E-state index < -0.39 is 0 Å². The van der Waals surface area contributed by atoms with Crippen molar-refractivity contribution in [1.29, 1.82) is 0 Å². The number of nitrogens with zero attached hydrogens (tertiary/aromatic N) is 3. The first-order valence-electron chi connectivity index (χ1n) is 12.1. The molecule has 2 aliphatic heterocycles. The summed E-state index contributed by atoms with van der Waals surface area (Å²) in [6.45, 7) is 25.1. The maximum Gasteiger partial charge on any atom is 0.143 e.